The topological polar surface area (TPSA) is 61.3 Å². The second-order valence-corrected chi connectivity index (χ2v) is 6.87. The zero-order valence-corrected chi connectivity index (χ0v) is 14.3. The van der Waals surface area contributed by atoms with Crippen molar-refractivity contribution >= 4 is 0 Å². The largest absolute Gasteiger partial charge is 0.493 e. The molecule has 1 aromatic rings. The molecule has 0 aliphatic carbocycles. The predicted octanol–water partition coefficient (Wildman–Crippen LogP) is 3.41. The van der Waals surface area contributed by atoms with Crippen molar-refractivity contribution in [1.29, 1.82) is 0 Å². The molecule has 0 saturated carbocycles. The van der Waals surface area contributed by atoms with Gasteiger partial charge in [-0.25, -0.2) is 0 Å². The first kappa shape index (κ1) is 18.0. The maximum absolute atomic E-state index is 5.93. The molecule has 0 fully saturated rings. The summed E-state index contributed by atoms with van der Waals surface area (Å²) in [5, 5.41) is 0. The molecule has 0 saturated heterocycles. The molecule has 0 amide bonds. The van der Waals surface area contributed by atoms with Gasteiger partial charge in [-0.3, -0.25) is 0 Å². The van der Waals surface area contributed by atoms with Crippen molar-refractivity contribution in [3.8, 4) is 5.75 Å². The third-order valence-electron chi connectivity index (χ3n) is 4.14. The first-order valence-electron chi connectivity index (χ1n) is 8.02. The molecule has 0 aliphatic rings. The second kappa shape index (κ2) is 7.81. The number of rotatable bonds is 7. The van der Waals surface area contributed by atoms with Gasteiger partial charge in [0.15, 0.2) is 0 Å². The summed E-state index contributed by atoms with van der Waals surface area (Å²) in [5.74, 6) is 1.56. The summed E-state index contributed by atoms with van der Waals surface area (Å²) in [4.78, 5) is 0. The van der Waals surface area contributed by atoms with Crippen LogP contribution in [0.2, 0.25) is 0 Å². The normalized spacial score (nSPS) is 13.5. The van der Waals surface area contributed by atoms with Crippen molar-refractivity contribution in [3.05, 3.63) is 29.3 Å². The highest BCUT2D eigenvalue weighted by Crippen LogP contribution is 2.35. The van der Waals surface area contributed by atoms with Crippen LogP contribution in [-0.4, -0.2) is 19.7 Å². The van der Waals surface area contributed by atoms with Crippen LogP contribution in [0.5, 0.6) is 5.75 Å². The summed E-state index contributed by atoms with van der Waals surface area (Å²) in [5.41, 5.74) is 14.4. The van der Waals surface area contributed by atoms with Crippen LogP contribution in [-0.2, 0) is 5.41 Å². The first-order chi connectivity index (χ1) is 9.85. The molecule has 1 aromatic carbocycles. The molecule has 1 rings (SSSR count). The average Bonchev–Trinajstić information content (AvgIpc) is 2.45. The lowest BCUT2D eigenvalue weighted by molar-refractivity contribution is 0.308. The van der Waals surface area contributed by atoms with E-state index in [0.29, 0.717) is 19.0 Å². The van der Waals surface area contributed by atoms with Crippen molar-refractivity contribution in [3.63, 3.8) is 0 Å². The molecule has 4 N–H and O–H groups in total. The highest BCUT2D eigenvalue weighted by atomic mass is 16.5. The van der Waals surface area contributed by atoms with Gasteiger partial charge in [-0.15, -0.1) is 0 Å². The van der Waals surface area contributed by atoms with E-state index in [4.69, 9.17) is 16.2 Å². The van der Waals surface area contributed by atoms with E-state index in [1.54, 1.807) is 0 Å². The number of benzene rings is 1. The van der Waals surface area contributed by atoms with Crippen molar-refractivity contribution < 1.29 is 4.74 Å². The smallest absolute Gasteiger partial charge is 0.122 e. The Morgan fingerprint density at radius 3 is 2.24 bits per heavy atom. The predicted molar refractivity (Wildman–Crippen MR) is 90.9 cm³/mol. The Morgan fingerprint density at radius 1 is 1.14 bits per heavy atom. The van der Waals surface area contributed by atoms with E-state index in [2.05, 4.69) is 52.8 Å². The summed E-state index contributed by atoms with van der Waals surface area (Å²) in [6, 6.07) is 6.54. The number of ether oxygens (including phenoxy) is 1. The lowest BCUT2D eigenvalue weighted by Gasteiger charge is -2.27. The third kappa shape index (κ3) is 4.72. The minimum absolute atomic E-state index is 0.124. The average molecular weight is 292 g/mol. The summed E-state index contributed by atoms with van der Waals surface area (Å²) in [6.07, 6.45) is 1.01. The zero-order valence-electron chi connectivity index (χ0n) is 14.3. The number of hydrogen-bond acceptors (Lipinski definition) is 3. The van der Waals surface area contributed by atoms with E-state index in [0.717, 1.165) is 18.8 Å². The van der Waals surface area contributed by atoms with Gasteiger partial charge in [0.05, 0.1) is 6.61 Å². The van der Waals surface area contributed by atoms with Gasteiger partial charge in [-0.2, -0.15) is 0 Å². The lowest BCUT2D eigenvalue weighted by atomic mass is 9.81. The Labute approximate surface area is 130 Å². The molecule has 3 nitrogen and oxygen atoms in total. The van der Waals surface area contributed by atoms with Gasteiger partial charge in [0.2, 0.25) is 0 Å². The van der Waals surface area contributed by atoms with Crippen molar-refractivity contribution in [1.82, 2.24) is 0 Å². The van der Waals surface area contributed by atoms with Gasteiger partial charge in [-0.05, 0) is 54.0 Å². The molecule has 1 unspecified atom stereocenters. The molecule has 0 heterocycles. The summed E-state index contributed by atoms with van der Waals surface area (Å²) in [7, 11) is 0. The highest BCUT2D eigenvalue weighted by Gasteiger charge is 2.23. The second-order valence-electron chi connectivity index (χ2n) is 6.87. The van der Waals surface area contributed by atoms with E-state index in [1.807, 2.05) is 0 Å². The molecule has 3 heteroatoms. The van der Waals surface area contributed by atoms with Crippen LogP contribution in [0.3, 0.4) is 0 Å². The van der Waals surface area contributed by atoms with Crippen LogP contribution in [0.25, 0.3) is 0 Å². The molecule has 1 atom stereocenters. The van der Waals surface area contributed by atoms with Crippen LogP contribution in [0.15, 0.2) is 18.2 Å². The van der Waals surface area contributed by atoms with E-state index in [-0.39, 0.29) is 11.3 Å². The molecule has 0 radical (unpaired) electrons. The quantitative estimate of drug-likeness (QED) is 0.809. The molecule has 0 bridgehead atoms. The zero-order chi connectivity index (χ0) is 16.0. The summed E-state index contributed by atoms with van der Waals surface area (Å²) < 4.78 is 5.93. The molecule has 120 valence electrons. The van der Waals surface area contributed by atoms with Crippen LogP contribution in [0.4, 0.5) is 0 Å². The Balaban J connectivity index is 3.21. The van der Waals surface area contributed by atoms with E-state index in [9.17, 15) is 0 Å². The first-order valence-corrected chi connectivity index (χ1v) is 8.02. The van der Waals surface area contributed by atoms with E-state index < -0.39 is 0 Å². The Morgan fingerprint density at radius 2 is 1.76 bits per heavy atom. The van der Waals surface area contributed by atoms with Gasteiger partial charge in [0, 0.05) is 0 Å². The maximum atomic E-state index is 5.93. The molecular formula is C18H32N2O. The Kier molecular flexibility index (Phi) is 6.69. The minimum Gasteiger partial charge on any atom is -0.493 e. The highest BCUT2D eigenvalue weighted by molar-refractivity contribution is 5.42. The molecule has 21 heavy (non-hydrogen) atoms. The minimum atomic E-state index is 0.124. The van der Waals surface area contributed by atoms with Gasteiger partial charge in [0.25, 0.3) is 0 Å². The van der Waals surface area contributed by atoms with E-state index in [1.165, 1.54) is 11.1 Å². The van der Waals surface area contributed by atoms with Gasteiger partial charge in [0.1, 0.15) is 5.75 Å². The summed E-state index contributed by atoms with van der Waals surface area (Å²) in [6.45, 7) is 13.0. The number of nitrogens with two attached hydrogens (primary N) is 2. The molecule has 0 aliphatic heterocycles. The van der Waals surface area contributed by atoms with Crippen molar-refractivity contribution in [2.45, 2.75) is 52.4 Å². The Bertz CT molecular complexity index is 433. The standard InChI is InChI=1S/C18H32N2O/c1-6-9-21-17-8-7-15(18(3,4)5)10-16(17)13(2)14(11-19)12-20/h7-8,10,13-14H,6,9,11-12,19-20H2,1-5H3. The fourth-order valence-electron chi connectivity index (χ4n) is 2.47. The van der Waals surface area contributed by atoms with Crippen molar-refractivity contribution in [2.75, 3.05) is 19.7 Å². The monoisotopic (exact) mass is 292 g/mol. The van der Waals surface area contributed by atoms with Gasteiger partial charge < -0.3 is 16.2 Å². The summed E-state index contributed by atoms with van der Waals surface area (Å²) >= 11 is 0. The van der Waals surface area contributed by atoms with Crippen LogP contribution >= 0.6 is 0 Å². The molecular weight excluding hydrogens is 260 g/mol. The molecule has 0 aromatic heterocycles. The van der Waals surface area contributed by atoms with Gasteiger partial charge >= 0.3 is 0 Å². The van der Waals surface area contributed by atoms with Gasteiger partial charge in [-0.1, -0.05) is 46.8 Å². The SMILES string of the molecule is CCCOc1ccc(C(C)(C)C)cc1C(C)C(CN)CN. The fraction of sp³-hybridized carbons (Fsp3) is 0.667. The third-order valence-corrected chi connectivity index (χ3v) is 4.14. The fourth-order valence-corrected chi connectivity index (χ4v) is 2.47. The maximum Gasteiger partial charge on any atom is 0.122 e. The lowest BCUT2D eigenvalue weighted by Crippen LogP contribution is -2.28. The molecule has 0 spiro atoms. The van der Waals surface area contributed by atoms with Crippen LogP contribution < -0.4 is 16.2 Å². The Hall–Kier alpha value is -1.06. The number of hydrogen-bond donors (Lipinski definition) is 2. The van der Waals surface area contributed by atoms with Crippen molar-refractivity contribution in [2.24, 2.45) is 17.4 Å². The van der Waals surface area contributed by atoms with Crippen LogP contribution in [0, 0.1) is 5.92 Å². The van der Waals surface area contributed by atoms with Crippen LogP contribution in [0.1, 0.15) is 58.1 Å². The van der Waals surface area contributed by atoms with E-state index >= 15 is 0 Å².